The predicted molar refractivity (Wildman–Crippen MR) is 47.8 cm³/mol. The number of aromatic hydroxyl groups is 1. The van der Waals surface area contributed by atoms with Gasteiger partial charge in [-0.25, -0.2) is 0 Å². The number of phenolic OH excluding ortho intramolecular Hbond substituents is 1. The summed E-state index contributed by atoms with van der Waals surface area (Å²) in [4.78, 5) is 0.806. The van der Waals surface area contributed by atoms with E-state index in [1.807, 2.05) is 13.0 Å². The Hall–Kier alpha value is -0.150. The molecule has 1 aromatic rings. The predicted octanol–water partition coefficient (Wildman–Crippen LogP) is 2.75. The van der Waals surface area contributed by atoms with E-state index in [0.29, 0.717) is 4.47 Å². The normalized spacial score (nSPS) is 9.90. The molecule has 10 heavy (non-hydrogen) atoms. The van der Waals surface area contributed by atoms with Gasteiger partial charge in [-0.2, -0.15) is 0 Å². The number of halogens is 1. The molecule has 1 rings (SSSR count). The molecule has 0 bridgehead atoms. The van der Waals surface area contributed by atoms with Gasteiger partial charge >= 0.3 is 0 Å². The molecule has 0 atom stereocenters. The lowest BCUT2D eigenvalue weighted by Gasteiger charge is -2.02. The molecule has 0 aliphatic heterocycles. The molecule has 1 aromatic carbocycles. The van der Waals surface area contributed by atoms with Crippen LogP contribution in [0.4, 0.5) is 0 Å². The maximum absolute atomic E-state index is 9.29. The van der Waals surface area contributed by atoms with Gasteiger partial charge in [0.15, 0.2) is 0 Å². The van der Waals surface area contributed by atoms with Crippen LogP contribution in [0.15, 0.2) is 21.5 Å². The zero-order valence-electron chi connectivity index (χ0n) is 5.43. The molecule has 0 aliphatic rings. The summed E-state index contributed by atoms with van der Waals surface area (Å²) in [5, 5.41) is 9.29. The van der Waals surface area contributed by atoms with Crippen molar-refractivity contribution in [3.8, 4) is 5.75 Å². The van der Waals surface area contributed by atoms with Gasteiger partial charge in [0.05, 0.1) is 4.47 Å². The van der Waals surface area contributed by atoms with Crippen LogP contribution in [-0.2, 0) is 0 Å². The van der Waals surface area contributed by atoms with E-state index in [4.69, 9.17) is 0 Å². The van der Waals surface area contributed by atoms with E-state index in [1.165, 1.54) is 0 Å². The van der Waals surface area contributed by atoms with Gasteiger partial charge in [-0.05, 0) is 35.0 Å². The van der Waals surface area contributed by atoms with Crippen molar-refractivity contribution < 1.29 is 5.11 Å². The summed E-state index contributed by atoms with van der Waals surface area (Å²) in [6.45, 7) is 1.82. The van der Waals surface area contributed by atoms with Crippen LogP contribution in [0, 0.1) is 6.92 Å². The molecule has 0 amide bonds. The molecule has 1 N–H and O–H groups in total. The highest BCUT2D eigenvalue weighted by Gasteiger charge is 2.02. The van der Waals surface area contributed by atoms with Gasteiger partial charge in [0, 0.05) is 10.5 Å². The molecule has 0 aliphatic carbocycles. The second-order valence-corrected chi connectivity index (χ2v) is 3.38. The first kappa shape index (κ1) is 7.95. The van der Waals surface area contributed by atoms with E-state index in [9.17, 15) is 5.11 Å². The third kappa shape index (κ3) is 1.30. The summed E-state index contributed by atoms with van der Waals surface area (Å²) < 4.78 is 0.711. The largest absolute Gasteiger partial charge is 0.506 e. The minimum atomic E-state index is 0.271. The Balaban J connectivity index is 3.34. The lowest BCUT2D eigenvalue weighted by atomic mass is 10.2. The number of hydrogen-bond acceptors (Lipinski definition) is 2. The zero-order chi connectivity index (χ0) is 7.72. The van der Waals surface area contributed by atoms with Crippen molar-refractivity contribution in [3.63, 3.8) is 0 Å². The summed E-state index contributed by atoms with van der Waals surface area (Å²) in [6, 6.07) is 3.60. The second-order valence-electron chi connectivity index (χ2n) is 2.04. The molecular formula is C7H7BrOS. The van der Waals surface area contributed by atoms with Crippen LogP contribution in [0.2, 0.25) is 0 Å². The molecule has 0 heterocycles. The van der Waals surface area contributed by atoms with Gasteiger partial charge in [0.25, 0.3) is 0 Å². The van der Waals surface area contributed by atoms with Gasteiger partial charge in [-0.3, -0.25) is 0 Å². The van der Waals surface area contributed by atoms with Gasteiger partial charge in [0.2, 0.25) is 0 Å². The van der Waals surface area contributed by atoms with Gasteiger partial charge in [-0.1, -0.05) is 0 Å². The Kier molecular flexibility index (Phi) is 2.26. The standard InChI is InChI=1S/C7H7BrOS/c1-4-6(10)3-2-5(8)7(4)9/h2-3,9-10H,1H3. The summed E-state index contributed by atoms with van der Waals surface area (Å²) in [6.07, 6.45) is 0. The fourth-order valence-electron chi connectivity index (χ4n) is 0.656. The molecule has 3 heteroatoms. The van der Waals surface area contributed by atoms with Crippen molar-refractivity contribution in [2.24, 2.45) is 0 Å². The van der Waals surface area contributed by atoms with Crippen molar-refractivity contribution in [2.75, 3.05) is 0 Å². The van der Waals surface area contributed by atoms with Crippen molar-refractivity contribution in [1.29, 1.82) is 0 Å². The third-order valence-electron chi connectivity index (χ3n) is 1.35. The smallest absolute Gasteiger partial charge is 0.133 e. The number of rotatable bonds is 0. The summed E-state index contributed by atoms with van der Waals surface area (Å²) >= 11 is 7.33. The SMILES string of the molecule is Cc1c(S)ccc(Br)c1O. The van der Waals surface area contributed by atoms with E-state index >= 15 is 0 Å². The average molecular weight is 219 g/mol. The Morgan fingerprint density at radius 2 is 2.10 bits per heavy atom. The first-order chi connectivity index (χ1) is 4.63. The molecular weight excluding hydrogens is 212 g/mol. The van der Waals surface area contributed by atoms with E-state index in [0.717, 1.165) is 10.5 Å². The van der Waals surface area contributed by atoms with E-state index in [-0.39, 0.29) is 5.75 Å². The lowest BCUT2D eigenvalue weighted by Crippen LogP contribution is -1.77. The topological polar surface area (TPSA) is 20.2 Å². The van der Waals surface area contributed by atoms with Crippen LogP contribution in [0.3, 0.4) is 0 Å². The summed E-state index contributed by atoms with van der Waals surface area (Å²) in [5.41, 5.74) is 0.803. The van der Waals surface area contributed by atoms with Crippen molar-refractivity contribution in [3.05, 3.63) is 22.2 Å². The zero-order valence-corrected chi connectivity index (χ0v) is 7.91. The molecule has 0 unspecified atom stereocenters. The fourth-order valence-corrected chi connectivity index (χ4v) is 1.27. The molecule has 54 valence electrons. The molecule has 0 aromatic heterocycles. The first-order valence-electron chi connectivity index (χ1n) is 2.80. The Morgan fingerprint density at radius 1 is 1.50 bits per heavy atom. The lowest BCUT2D eigenvalue weighted by molar-refractivity contribution is 0.465. The molecule has 0 spiro atoms. The minimum absolute atomic E-state index is 0.271. The van der Waals surface area contributed by atoms with Crippen molar-refractivity contribution in [1.82, 2.24) is 0 Å². The maximum atomic E-state index is 9.29. The van der Waals surface area contributed by atoms with Crippen LogP contribution in [-0.4, -0.2) is 5.11 Å². The summed E-state index contributed by atoms with van der Waals surface area (Å²) in [5.74, 6) is 0.271. The quantitative estimate of drug-likeness (QED) is 0.643. The van der Waals surface area contributed by atoms with Gasteiger partial charge in [-0.15, -0.1) is 12.6 Å². The van der Waals surface area contributed by atoms with Gasteiger partial charge in [0.1, 0.15) is 5.75 Å². The van der Waals surface area contributed by atoms with E-state index < -0.39 is 0 Å². The third-order valence-corrected chi connectivity index (χ3v) is 2.48. The molecule has 0 saturated heterocycles. The number of phenols is 1. The van der Waals surface area contributed by atoms with Crippen LogP contribution in [0.5, 0.6) is 5.75 Å². The fraction of sp³-hybridized carbons (Fsp3) is 0.143. The second kappa shape index (κ2) is 2.84. The Morgan fingerprint density at radius 3 is 2.60 bits per heavy atom. The van der Waals surface area contributed by atoms with Crippen LogP contribution < -0.4 is 0 Å². The molecule has 0 radical (unpaired) electrons. The van der Waals surface area contributed by atoms with E-state index in [2.05, 4.69) is 28.6 Å². The summed E-state index contributed by atoms with van der Waals surface area (Å²) in [7, 11) is 0. The molecule has 0 saturated carbocycles. The highest BCUT2D eigenvalue weighted by Crippen LogP contribution is 2.30. The van der Waals surface area contributed by atoms with Crippen molar-refractivity contribution >= 4 is 28.6 Å². The van der Waals surface area contributed by atoms with Crippen LogP contribution in [0.25, 0.3) is 0 Å². The van der Waals surface area contributed by atoms with Crippen LogP contribution in [0.1, 0.15) is 5.56 Å². The average Bonchev–Trinajstić information content (AvgIpc) is 1.93. The monoisotopic (exact) mass is 218 g/mol. The van der Waals surface area contributed by atoms with Crippen molar-refractivity contribution in [2.45, 2.75) is 11.8 Å². The number of thiol groups is 1. The number of benzene rings is 1. The minimum Gasteiger partial charge on any atom is -0.506 e. The molecule has 1 nitrogen and oxygen atoms in total. The first-order valence-corrected chi connectivity index (χ1v) is 4.04. The molecule has 0 fully saturated rings. The van der Waals surface area contributed by atoms with Crippen LogP contribution >= 0.6 is 28.6 Å². The number of hydrogen-bond donors (Lipinski definition) is 2. The van der Waals surface area contributed by atoms with Gasteiger partial charge < -0.3 is 5.11 Å². The van der Waals surface area contributed by atoms with E-state index in [1.54, 1.807) is 6.07 Å². The highest BCUT2D eigenvalue weighted by atomic mass is 79.9. The Labute approximate surface area is 73.6 Å². The maximum Gasteiger partial charge on any atom is 0.133 e. The highest BCUT2D eigenvalue weighted by molar-refractivity contribution is 9.10. The Bertz CT molecular complexity index is 233.